The largest absolute Gasteiger partial charge is 0.326 e. The van der Waals surface area contributed by atoms with Crippen LogP contribution in [0.4, 0.5) is 0 Å². The van der Waals surface area contributed by atoms with Crippen LogP contribution in [0.25, 0.3) is 0 Å². The predicted octanol–water partition coefficient (Wildman–Crippen LogP) is -0.340. The molecule has 0 fully saturated rings. The lowest BCUT2D eigenvalue weighted by Crippen LogP contribution is -2.53. The number of rotatable bonds is 8. The average molecular weight is 232 g/mol. The summed E-state index contributed by atoms with van der Waals surface area (Å²) in [4.78, 5) is 2.25. The fraction of sp³-hybridized carbons (Fsp3) is 1.00. The molecule has 0 saturated carbocycles. The summed E-state index contributed by atoms with van der Waals surface area (Å²) < 4.78 is 2.12. The van der Waals surface area contributed by atoms with Crippen LogP contribution < -0.4 is 5.73 Å². The molecule has 0 aromatic heterocycles. The summed E-state index contributed by atoms with van der Waals surface area (Å²) in [6.45, 7) is 6.59. The molecule has 98 valence electrons. The third kappa shape index (κ3) is 8.05. The lowest BCUT2D eigenvalue weighted by Gasteiger charge is -2.36. The molecule has 0 aromatic rings. The molecule has 0 unspecified atom stereocenters. The lowest BCUT2D eigenvalue weighted by atomic mass is 10.3. The minimum atomic E-state index is 0.776. The summed E-state index contributed by atoms with van der Waals surface area (Å²) in [5.41, 5.74) is 5.62. The molecule has 0 amide bonds. The summed E-state index contributed by atoms with van der Waals surface area (Å²) in [6.07, 6.45) is 0. The van der Waals surface area contributed by atoms with Gasteiger partial charge in [0.1, 0.15) is 13.1 Å². The van der Waals surface area contributed by atoms with Gasteiger partial charge in [-0.05, 0) is 14.1 Å². The van der Waals surface area contributed by atoms with E-state index in [2.05, 4.69) is 47.2 Å². The normalized spacial score (nSPS) is 13.5. The molecule has 0 radical (unpaired) electrons. The van der Waals surface area contributed by atoms with E-state index >= 15 is 0 Å². The summed E-state index contributed by atoms with van der Waals surface area (Å²) in [5, 5.41) is 0. The van der Waals surface area contributed by atoms with Gasteiger partial charge in [-0.3, -0.25) is 0 Å². The molecule has 4 nitrogen and oxygen atoms in total. The van der Waals surface area contributed by atoms with Crippen LogP contribution in [0.5, 0.6) is 0 Å². The Morgan fingerprint density at radius 1 is 0.812 bits per heavy atom. The number of quaternary nitrogens is 2. The van der Waals surface area contributed by atoms with Crippen LogP contribution >= 0.6 is 0 Å². The van der Waals surface area contributed by atoms with Gasteiger partial charge in [-0.15, -0.1) is 0 Å². The van der Waals surface area contributed by atoms with E-state index in [-0.39, 0.29) is 0 Å². The Labute approximate surface area is 102 Å². The maximum atomic E-state index is 5.62. The van der Waals surface area contributed by atoms with E-state index in [1.807, 2.05) is 0 Å². The molecule has 0 saturated heterocycles. The second kappa shape index (κ2) is 6.55. The first-order chi connectivity index (χ1) is 7.18. The van der Waals surface area contributed by atoms with Crippen molar-refractivity contribution in [3.63, 3.8) is 0 Å². The van der Waals surface area contributed by atoms with Crippen molar-refractivity contribution in [2.24, 2.45) is 5.73 Å². The molecule has 16 heavy (non-hydrogen) atoms. The molecular weight excluding hydrogens is 200 g/mol. The van der Waals surface area contributed by atoms with Gasteiger partial charge in [0.05, 0.1) is 41.3 Å². The Morgan fingerprint density at radius 2 is 1.25 bits per heavy atom. The van der Waals surface area contributed by atoms with Crippen LogP contribution in [0.15, 0.2) is 0 Å². The molecule has 0 aliphatic rings. The van der Waals surface area contributed by atoms with Crippen molar-refractivity contribution >= 4 is 0 Å². The molecule has 0 aromatic carbocycles. The minimum Gasteiger partial charge on any atom is -0.326 e. The molecule has 2 N–H and O–H groups in total. The maximum absolute atomic E-state index is 5.62. The number of hydrogen-bond acceptors (Lipinski definition) is 2. The first kappa shape index (κ1) is 15.8. The Morgan fingerprint density at radius 3 is 1.62 bits per heavy atom. The SMILES string of the molecule is CN(C)CC[N+](C)(C)CC[N+](C)(C)CCN. The molecular formula is C12H32N4+2. The fourth-order valence-corrected chi connectivity index (χ4v) is 1.59. The highest BCUT2D eigenvalue weighted by Crippen LogP contribution is 2.02. The first-order valence-corrected chi connectivity index (χ1v) is 6.17. The van der Waals surface area contributed by atoms with E-state index in [0.717, 1.165) is 28.6 Å². The fourth-order valence-electron chi connectivity index (χ4n) is 1.59. The average Bonchev–Trinajstić information content (AvgIpc) is 2.13. The second-order valence-corrected chi connectivity index (χ2v) is 6.36. The van der Waals surface area contributed by atoms with E-state index in [1.165, 1.54) is 19.6 Å². The van der Waals surface area contributed by atoms with Crippen LogP contribution in [0.1, 0.15) is 0 Å². The zero-order valence-electron chi connectivity index (χ0n) is 12.2. The predicted molar refractivity (Wildman–Crippen MR) is 71.3 cm³/mol. The Balaban J connectivity index is 3.97. The molecule has 0 bridgehead atoms. The van der Waals surface area contributed by atoms with Gasteiger partial charge in [0, 0.05) is 13.1 Å². The van der Waals surface area contributed by atoms with Crippen LogP contribution in [-0.2, 0) is 0 Å². The zero-order chi connectivity index (χ0) is 12.8. The van der Waals surface area contributed by atoms with E-state index in [9.17, 15) is 0 Å². The van der Waals surface area contributed by atoms with Gasteiger partial charge in [0.15, 0.2) is 0 Å². The standard InChI is InChI=1S/C12H32N4/c1-14(2)8-10-16(5,6)12-11-15(3,4)9-7-13/h7-13H2,1-6H3/q+2. The van der Waals surface area contributed by atoms with Crippen LogP contribution in [0.3, 0.4) is 0 Å². The smallest absolute Gasteiger partial charge is 0.128 e. The van der Waals surface area contributed by atoms with E-state index in [4.69, 9.17) is 5.73 Å². The summed E-state index contributed by atoms with van der Waals surface area (Å²) in [6, 6.07) is 0. The van der Waals surface area contributed by atoms with Gasteiger partial charge in [0.2, 0.25) is 0 Å². The number of hydrogen-bond donors (Lipinski definition) is 1. The highest BCUT2D eigenvalue weighted by atomic mass is 15.4. The third-order valence-electron chi connectivity index (χ3n) is 3.20. The van der Waals surface area contributed by atoms with E-state index < -0.39 is 0 Å². The topological polar surface area (TPSA) is 29.3 Å². The van der Waals surface area contributed by atoms with Gasteiger partial charge in [-0.2, -0.15) is 0 Å². The Kier molecular flexibility index (Phi) is 6.48. The molecule has 0 atom stereocenters. The van der Waals surface area contributed by atoms with Gasteiger partial charge in [0.25, 0.3) is 0 Å². The molecule has 0 spiro atoms. The summed E-state index contributed by atoms with van der Waals surface area (Å²) in [5.74, 6) is 0. The van der Waals surface area contributed by atoms with Crippen LogP contribution in [0, 0.1) is 0 Å². The number of likely N-dealkylation sites (N-methyl/N-ethyl adjacent to an activating group) is 3. The van der Waals surface area contributed by atoms with Gasteiger partial charge < -0.3 is 19.6 Å². The van der Waals surface area contributed by atoms with Crippen molar-refractivity contribution in [3.05, 3.63) is 0 Å². The highest BCUT2D eigenvalue weighted by molar-refractivity contribution is 4.43. The van der Waals surface area contributed by atoms with Gasteiger partial charge >= 0.3 is 0 Å². The minimum absolute atomic E-state index is 0.776. The van der Waals surface area contributed by atoms with Crippen LogP contribution in [-0.4, -0.2) is 95.4 Å². The zero-order valence-corrected chi connectivity index (χ0v) is 12.2. The van der Waals surface area contributed by atoms with Crippen molar-refractivity contribution in [1.29, 1.82) is 0 Å². The highest BCUT2D eigenvalue weighted by Gasteiger charge is 2.21. The second-order valence-electron chi connectivity index (χ2n) is 6.36. The monoisotopic (exact) mass is 232 g/mol. The Hall–Kier alpha value is -0.160. The van der Waals surface area contributed by atoms with E-state index in [1.54, 1.807) is 0 Å². The maximum Gasteiger partial charge on any atom is 0.128 e. The first-order valence-electron chi connectivity index (χ1n) is 6.17. The molecule has 0 aliphatic heterocycles. The quantitative estimate of drug-likeness (QED) is 0.580. The Bertz CT molecular complexity index is 187. The van der Waals surface area contributed by atoms with Crippen LogP contribution in [0.2, 0.25) is 0 Å². The van der Waals surface area contributed by atoms with E-state index in [0.29, 0.717) is 0 Å². The number of nitrogens with two attached hydrogens (primary N) is 1. The van der Waals surface area contributed by atoms with Gasteiger partial charge in [-0.25, -0.2) is 0 Å². The molecule has 0 aliphatic carbocycles. The summed E-state index contributed by atoms with van der Waals surface area (Å²) in [7, 11) is 13.4. The van der Waals surface area contributed by atoms with Crippen molar-refractivity contribution in [1.82, 2.24) is 4.90 Å². The molecule has 4 heteroatoms. The lowest BCUT2D eigenvalue weighted by molar-refractivity contribution is -0.944. The molecule has 0 rings (SSSR count). The third-order valence-corrected chi connectivity index (χ3v) is 3.20. The van der Waals surface area contributed by atoms with Crippen molar-refractivity contribution in [2.75, 3.05) is 81.6 Å². The van der Waals surface area contributed by atoms with Crippen molar-refractivity contribution in [3.8, 4) is 0 Å². The van der Waals surface area contributed by atoms with Crippen molar-refractivity contribution < 1.29 is 8.97 Å². The molecule has 0 heterocycles. The summed E-state index contributed by atoms with van der Waals surface area (Å²) >= 11 is 0. The number of nitrogens with zero attached hydrogens (tertiary/aromatic N) is 3. The van der Waals surface area contributed by atoms with Gasteiger partial charge in [-0.1, -0.05) is 0 Å². The van der Waals surface area contributed by atoms with Crippen molar-refractivity contribution in [2.45, 2.75) is 0 Å².